The topological polar surface area (TPSA) is 66.8 Å². The third-order valence-electron chi connectivity index (χ3n) is 4.17. The Hall–Kier alpha value is -1.59. The Morgan fingerprint density at radius 2 is 2.05 bits per heavy atom. The number of hydrogen-bond donors (Lipinski definition) is 1. The summed E-state index contributed by atoms with van der Waals surface area (Å²) in [5, 5.41) is 9.83. The summed E-state index contributed by atoms with van der Waals surface area (Å²) >= 11 is 6.16. The Labute approximate surface area is 127 Å². The number of ether oxygens (including phenoxy) is 1. The van der Waals surface area contributed by atoms with Gasteiger partial charge in [0, 0.05) is 17.1 Å². The number of carbonyl (C=O) groups excluding carboxylic acids is 1. The lowest BCUT2D eigenvalue weighted by atomic mass is 10.0. The highest BCUT2D eigenvalue weighted by Crippen LogP contribution is 2.48. The number of nitrogens with zero attached hydrogens (tertiary/aromatic N) is 1. The first kappa shape index (κ1) is 14.4. The van der Waals surface area contributed by atoms with Crippen LogP contribution >= 0.6 is 11.6 Å². The molecule has 112 valence electrons. The highest BCUT2D eigenvalue weighted by molar-refractivity contribution is 6.31. The number of carbonyl (C=O) groups is 2. The zero-order chi connectivity index (χ0) is 15.0. The lowest BCUT2D eigenvalue weighted by Gasteiger charge is -2.35. The van der Waals surface area contributed by atoms with Gasteiger partial charge in [0.05, 0.1) is 13.2 Å². The normalized spacial score (nSPS) is 23.7. The molecule has 5 nitrogen and oxygen atoms in total. The van der Waals surface area contributed by atoms with Crippen molar-refractivity contribution in [3.8, 4) is 0 Å². The van der Waals surface area contributed by atoms with Gasteiger partial charge in [0.2, 0.25) is 5.91 Å². The Kier molecular flexibility index (Phi) is 3.63. The smallest absolute Gasteiger partial charge is 0.319 e. The summed E-state index contributed by atoms with van der Waals surface area (Å²) in [6.07, 6.45) is 0.547. The molecule has 1 saturated heterocycles. The maximum atomic E-state index is 12.4. The summed E-state index contributed by atoms with van der Waals surface area (Å²) in [7, 11) is 0. The summed E-state index contributed by atoms with van der Waals surface area (Å²) in [6, 6.07) is 7.35. The number of rotatable bonds is 3. The molecule has 3 rings (SSSR count). The molecule has 1 aromatic carbocycles. The summed E-state index contributed by atoms with van der Waals surface area (Å²) in [5.74, 6) is -1.32. The van der Waals surface area contributed by atoms with Crippen LogP contribution in [0, 0.1) is 5.41 Å². The largest absolute Gasteiger partial charge is 0.480 e. The van der Waals surface area contributed by atoms with Crippen LogP contribution in [0.2, 0.25) is 5.02 Å². The van der Waals surface area contributed by atoms with Crippen molar-refractivity contribution < 1.29 is 19.4 Å². The summed E-state index contributed by atoms with van der Waals surface area (Å²) in [5.41, 5.74) is -0.362. The minimum atomic E-state index is -1.19. The van der Waals surface area contributed by atoms with Crippen LogP contribution in [0.3, 0.4) is 0 Å². The minimum absolute atomic E-state index is 0.296. The molecule has 0 bridgehead atoms. The Morgan fingerprint density at radius 1 is 1.33 bits per heavy atom. The van der Waals surface area contributed by atoms with Crippen LogP contribution in [0.25, 0.3) is 0 Å². The van der Waals surface area contributed by atoms with Gasteiger partial charge in [-0.05, 0) is 18.9 Å². The van der Waals surface area contributed by atoms with Crippen LogP contribution in [0.4, 0.5) is 0 Å². The van der Waals surface area contributed by atoms with E-state index in [0.717, 1.165) is 5.56 Å². The lowest BCUT2D eigenvalue weighted by Crippen LogP contribution is -2.47. The van der Waals surface area contributed by atoms with Crippen molar-refractivity contribution in [1.29, 1.82) is 0 Å². The van der Waals surface area contributed by atoms with E-state index < -0.39 is 11.4 Å². The molecular weight excluding hydrogens is 294 g/mol. The molecule has 1 aromatic rings. The molecule has 1 aliphatic heterocycles. The minimum Gasteiger partial charge on any atom is -0.480 e. The molecule has 0 unspecified atom stereocenters. The second-order valence-corrected chi connectivity index (χ2v) is 5.93. The highest BCUT2D eigenvalue weighted by Gasteiger charge is 2.58. The van der Waals surface area contributed by atoms with Crippen molar-refractivity contribution >= 4 is 23.5 Å². The summed E-state index contributed by atoms with van der Waals surface area (Å²) in [4.78, 5) is 25.3. The van der Waals surface area contributed by atoms with E-state index in [4.69, 9.17) is 16.3 Å². The zero-order valence-corrected chi connectivity index (χ0v) is 12.2. The van der Waals surface area contributed by atoms with Crippen LogP contribution in [0.15, 0.2) is 24.3 Å². The number of aliphatic carboxylic acids is 1. The third-order valence-corrected chi connectivity index (χ3v) is 4.52. The van der Waals surface area contributed by atoms with Gasteiger partial charge in [0.15, 0.2) is 0 Å². The molecule has 0 spiro atoms. The van der Waals surface area contributed by atoms with Gasteiger partial charge < -0.3 is 14.7 Å². The second kappa shape index (κ2) is 5.31. The molecule has 2 fully saturated rings. The van der Waals surface area contributed by atoms with E-state index in [1.54, 1.807) is 11.0 Å². The SMILES string of the molecule is O=C(O)C1(C(=O)N2CCO[C@@H](c3ccccc3Cl)C2)CC1. The first-order valence-electron chi connectivity index (χ1n) is 6.93. The third kappa shape index (κ3) is 2.51. The quantitative estimate of drug-likeness (QED) is 0.868. The Bertz CT molecular complexity index is 585. The van der Waals surface area contributed by atoms with Gasteiger partial charge in [-0.15, -0.1) is 0 Å². The molecular formula is C15H16ClNO4. The number of halogens is 1. The zero-order valence-electron chi connectivity index (χ0n) is 11.4. The van der Waals surface area contributed by atoms with Crippen LogP contribution in [-0.4, -0.2) is 41.6 Å². The molecule has 21 heavy (non-hydrogen) atoms. The van der Waals surface area contributed by atoms with Crippen LogP contribution in [0.5, 0.6) is 0 Å². The predicted octanol–water partition coefficient (Wildman–Crippen LogP) is 2.10. The van der Waals surface area contributed by atoms with E-state index in [1.807, 2.05) is 18.2 Å². The fourth-order valence-corrected chi connectivity index (χ4v) is 2.96. The molecule has 0 aromatic heterocycles. The fraction of sp³-hybridized carbons (Fsp3) is 0.467. The Balaban J connectivity index is 1.76. The lowest BCUT2D eigenvalue weighted by molar-refractivity contribution is -0.157. The fourth-order valence-electron chi connectivity index (χ4n) is 2.70. The van der Waals surface area contributed by atoms with Gasteiger partial charge in [-0.1, -0.05) is 29.8 Å². The summed E-state index contributed by atoms with van der Waals surface area (Å²) < 4.78 is 5.69. The summed E-state index contributed by atoms with van der Waals surface area (Å²) in [6.45, 7) is 1.16. The average molecular weight is 310 g/mol. The van der Waals surface area contributed by atoms with Crippen LogP contribution in [0.1, 0.15) is 24.5 Å². The molecule has 0 radical (unpaired) electrons. The molecule has 6 heteroatoms. The first-order valence-corrected chi connectivity index (χ1v) is 7.31. The van der Waals surface area contributed by atoms with Crippen molar-refractivity contribution in [3.05, 3.63) is 34.9 Å². The highest BCUT2D eigenvalue weighted by atomic mass is 35.5. The molecule has 1 atom stereocenters. The van der Waals surface area contributed by atoms with Crippen molar-refractivity contribution in [2.24, 2.45) is 5.41 Å². The van der Waals surface area contributed by atoms with Crippen LogP contribution < -0.4 is 0 Å². The van der Waals surface area contributed by atoms with E-state index in [2.05, 4.69) is 0 Å². The van der Waals surface area contributed by atoms with E-state index >= 15 is 0 Å². The molecule has 1 aliphatic carbocycles. The number of amides is 1. The van der Waals surface area contributed by atoms with Gasteiger partial charge in [0.1, 0.15) is 11.5 Å². The van der Waals surface area contributed by atoms with Crippen molar-refractivity contribution in [2.45, 2.75) is 18.9 Å². The van der Waals surface area contributed by atoms with Crippen molar-refractivity contribution in [2.75, 3.05) is 19.7 Å². The predicted molar refractivity (Wildman–Crippen MR) is 76.0 cm³/mol. The first-order chi connectivity index (χ1) is 10.0. The van der Waals surface area contributed by atoms with Gasteiger partial charge in [-0.2, -0.15) is 0 Å². The molecule has 1 amide bonds. The number of morpholine rings is 1. The van der Waals surface area contributed by atoms with Gasteiger partial charge in [0.25, 0.3) is 0 Å². The number of hydrogen-bond acceptors (Lipinski definition) is 3. The number of benzene rings is 1. The van der Waals surface area contributed by atoms with E-state index in [9.17, 15) is 14.7 Å². The number of carboxylic acid groups (broad SMARTS) is 1. The maximum absolute atomic E-state index is 12.4. The van der Waals surface area contributed by atoms with Gasteiger partial charge >= 0.3 is 5.97 Å². The van der Waals surface area contributed by atoms with Gasteiger partial charge in [-0.25, -0.2) is 0 Å². The van der Waals surface area contributed by atoms with Crippen molar-refractivity contribution in [3.63, 3.8) is 0 Å². The van der Waals surface area contributed by atoms with E-state index in [0.29, 0.717) is 37.6 Å². The molecule has 1 heterocycles. The van der Waals surface area contributed by atoms with E-state index in [1.165, 1.54) is 0 Å². The monoisotopic (exact) mass is 309 g/mol. The standard InChI is InChI=1S/C15H16ClNO4/c16-11-4-2-1-3-10(11)12-9-17(7-8-21-12)13(18)15(5-6-15)14(19)20/h1-4,12H,5-9H2,(H,19,20)/t12-/m1/s1. The van der Waals surface area contributed by atoms with Gasteiger partial charge in [-0.3, -0.25) is 9.59 Å². The maximum Gasteiger partial charge on any atom is 0.319 e. The number of carboxylic acids is 1. The van der Waals surface area contributed by atoms with Crippen LogP contribution in [-0.2, 0) is 14.3 Å². The van der Waals surface area contributed by atoms with Crippen molar-refractivity contribution in [1.82, 2.24) is 4.90 Å². The van der Waals surface area contributed by atoms with E-state index in [-0.39, 0.29) is 12.0 Å². The second-order valence-electron chi connectivity index (χ2n) is 5.52. The average Bonchev–Trinajstić information content (AvgIpc) is 3.29. The molecule has 1 N–H and O–H groups in total. The Morgan fingerprint density at radius 3 is 2.67 bits per heavy atom. The molecule has 1 saturated carbocycles. The molecule has 2 aliphatic rings.